The van der Waals surface area contributed by atoms with E-state index >= 15 is 0 Å². The number of ether oxygens (including phenoxy) is 1. The van der Waals surface area contributed by atoms with Crippen molar-refractivity contribution in [1.82, 2.24) is 34.7 Å². The first-order valence-corrected chi connectivity index (χ1v) is 15.6. The van der Waals surface area contributed by atoms with Crippen LogP contribution in [0.1, 0.15) is 24.2 Å². The molecule has 242 valence electrons. The van der Waals surface area contributed by atoms with Gasteiger partial charge in [0.25, 0.3) is 5.56 Å². The molecule has 1 saturated heterocycles. The van der Waals surface area contributed by atoms with Crippen LogP contribution in [0, 0.1) is 6.92 Å². The molecule has 6 rings (SSSR count). The van der Waals surface area contributed by atoms with Crippen molar-refractivity contribution in [2.24, 2.45) is 14.1 Å². The van der Waals surface area contributed by atoms with Gasteiger partial charge >= 0.3 is 5.69 Å². The number of carbonyl (C=O) groups is 1. The van der Waals surface area contributed by atoms with Crippen molar-refractivity contribution in [2.45, 2.75) is 32.4 Å². The molecule has 1 unspecified atom stereocenters. The maximum atomic E-state index is 13.2. The van der Waals surface area contributed by atoms with E-state index in [-0.39, 0.29) is 23.2 Å². The summed E-state index contributed by atoms with van der Waals surface area (Å²) in [5.41, 5.74) is 3.74. The lowest BCUT2D eigenvalue weighted by molar-refractivity contribution is -0.119. The number of carbonyl (C=O) groups excluding carboxylic acids is 1. The van der Waals surface area contributed by atoms with E-state index in [0.717, 1.165) is 11.0 Å². The number of aryl methyl sites for hydroxylation is 2. The fraction of sp³-hybridized carbons (Fsp3) is 0.273. The van der Waals surface area contributed by atoms with Gasteiger partial charge in [-0.2, -0.15) is 0 Å². The van der Waals surface area contributed by atoms with E-state index in [0.29, 0.717) is 80.4 Å². The van der Waals surface area contributed by atoms with Gasteiger partial charge in [0.2, 0.25) is 11.8 Å². The number of aromatic nitrogens is 5. The molecule has 1 fully saturated rings. The van der Waals surface area contributed by atoms with Gasteiger partial charge in [-0.3, -0.25) is 23.7 Å². The molecule has 1 atom stereocenters. The Morgan fingerprint density at radius 3 is 2.45 bits per heavy atom. The topological polar surface area (TPSA) is 145 Å². The van der Waals surface area contributed by atoms with Crippen molar-refractivity contribution in [3.05, 3.63) is 90.9 Å². The molecule has 0 spiro atoms. The average Bonchev–Trinajstić information content (AvgIpc) is 3.48. The van der Waals surface area contributed by atoms with Crippen LogP contribution in [0.3, 0.4) is 0 Å². The van der Waals surface area contributed by atoms with Crippen molar-refractivity contribution < 1.29 is 9.53 Å². The molecule has 2 aromatic carbocycles. The lowest BCUT2D eigenvalue weighted by Gasteiger charge is -2.17. The van der Waals surface area contributed by atoms with Crippen LogP contribution in [-0.4, -0.2) is 49.7 Å². The van der Waals surface area contributed by atoms with Crippen LogP contribution in [0.2, 0.25) is 10.0 Å². The minimum atomic E-state index is -0.471. The van der Waals surface area contributed by atoms with Crippen molar-refractivity contribution >= 4 is 51.5 Å². The van der Waals surface area contributed by atoms with Gasteiger partial charge in [-0.1, -0.05) is 53.5 Å². The molecule has 1 aliphatic heterocycles. The lowest BCUT2D eigenvalue weighted by atomic mass is 10.0. The molecule has 3 N–H and O–H groups in total. The summed E-state index contributed by atoms with van der Waals surface area (Å²) in [5, 5.41) is 10.5. The molecule has 12 nitrogen and oxygen atoms in total. The van der Waals surface area contributed by atoms with E-state index in [9.17, 15) is 14.4 Å². The van der Waals surface area contributed by atoms with Gasteiger partial charge < -0.3 is 20.7 Å². The van der Waals surface area contributed by atoms with Gasteiger partial charge in [0.05, 0.1) is 40.2 Å². The van der Waals surface area contributed by atoms with Crippen LogP contribution in [-0.2, 0) is 25.4 Å². The summed E-state index contributed by atoms with van der Waals surface area (Å²) in [4.78, 5) is 51.1. The molecule has 47 heavy (non-hydrogen) atoms. The number of anilines is 2. The number of rotatable bonds is 9. The van der Waals surface area contributed by atoms with Crippen LogP contribution < -0.4 is 31.9 Å². The molecule has 5 aromatic rings. The number of hydrogen-bond acceptors (Lipinski definition) is 9. The zero-order valence-corrected chi connectivity index (χ0v) is 27.7. The van der Waals surface area contributed by atoms with Gasteiger partial charge in [0.15, 0.2) is 0 Å². The average molecular weight is 676 g/mol. The Labute approximate surface area is 279 Å². The first-order chi connectivity index (χ1) is 22.6. The van der Waals surface area contributed by atoms with Crippen LogP contribution in [0.25, 0.3) is 33.3 Å². The highest BCUT2D eigenvalue weighted by atomic mass is 35.5. The number of nitrogens with zero attached hydrogens (tertiary/aromatic N) is 5. The molecule has 1 aliphatic rings. The van der Waals surface area contributed by atoms with Gasteiger partial charge in [0, 0.05) is 62.0 Å². The minimum Gasteiger partial charge on any atom is -0.480 e. The molecule has 3 aromatic heterocycles. The number of methoxy groups -OCH3 is 1. The number of pyridine rings is 1. The standard InChI is InChI=1S/C33H32Cl2N8O4/c1-17-13-25-27(32(45)43(3)33(46)42(25)2)30(38-17)40-22-10-6-8-20(29(22)35)19-7-5-9-21(28(19)34)23-16-37-24(31(41-23)47-4)15-36-14-18-11-12-26(44)39-18/h5-10,13,16,18,36H,11-12,14-15H2,1-4H3,(H,38,40)(H,39,44). The van der Waals surface area contributed by atoms with E-state index in [1.165, 1.54) is 18.7 Å². The van der Waals surface area contributed by atoms with Crippen molar-refractivity contribution in [3.63, 3.8) is 0 Å². The van der Waals surface area contributed by atoms with E-state index in [4.69, 9.17) is 32.9 Å². The van der Waals surface area contributed by atoms with Crippen molar-refractivity contribution in [3.8, 4) is 28.3 Å². The number of amides is 1. The van der Waals surface area contributed by atoms with Gasteiger partial charge in [-0.25, -0.2) is 14.8 Å². The van der Waals surface area contributed by atoms with Crippen molar-refractivity contribution in [1.29, 1.82) is 0 Å². The summed E-state index contributed by atoms with van der Waals surface area (Å²) in [6.07, 6.45) is 2.98. The second kappa shape index (κ2) is 13.1. The summed E-state index contributed by atoms with van der Waals surface area (Å²) >= 11 is 14.0. The zero-order valence-electron chi connectivity index (χ0n) is 26.1. The smallest absolute Gasteiger partial charge is 0.330 e. The fourth-order valence-electron chi connectivity index (χ4n) is 5.71. The van der Waals surface area contributed by atoms with E-state index in [1.807, 2.05) is 30.3 Å². The fourth-order valence-corrected chi connectivity index (χ4v) is 6.31. The van der Waals surface area contributed by atoms with E-state index < -0.39 is 11.2 Å². The predicted octanol–water partition coefficient (Wildman–Crippen LogP) is 4.49. The Hall–Kier alpha value is -4.78. The maximum absolute atomic E-state index is 13.2. The second-order valence-corrected chi connectivity index (χ2v) is 12.1. The molecular formula is C33H32Cl2N8O4. The first kappa shape index (κ1) is 32.2. The number of hydrogen-bond donors (Lipinski definition) is 3. The summed E-state index contributed by atoms with van der Waals surface area (Å²) in [6.45, 7) is 2.82. The van der Waals surface area contributed by atoms with Gasteiger partial charge in [0.1, 0.15) is 16.9 Å². The second-order valence-electron chi connectivity index (χ2n) is 11.3. The minimum absolute atomic E-state index is 0.0695. The highest BCUT2D eigenvalue weighted by Gasteiger charge is 2.22. The monoisotopic (exact) mass is 674 g/mol. The first-order valence-electron chi connectivity index (χ1n) is 14.9. The maximum Gasteiger partial charge on any atom is 0.330 e. The van der Waals surface area contributed by atoms with E-state index in [2.05, 4.69) is 25.9 Å². The summed E-state index contributed by atoms with van der Waals surface area (Å²) in [7, 11) is 4.58. The molecular weight excluding hydrogens is 643 g/mol. The van der Waals surface area contributed by atoms with Crippen molar-refractivity contribution in [2.75, 3.05) is 19.0 Å². The lowest BCUT2D eigenvalue weighted by Crippen LogP contribution is -2.37. The molecule has 0 bridgehead atoms. The molecule has 0 saturated carbocycles. The Balaban J connectivity index is 1.31. The molecule has 0 aliphatic carbocycles. The van der Waals surface area contributed by atoms with Gasteiger partial charge in [-0.05, 0) is 25.5 Å². The van der Waals surface area contributed by atoms with Gasteiger partial charge in [-0.15, -0.1) is 0 Å². The highest BCUT2D eigenvalue weighted by Crippen LogP contribution is 2.42. The zero-order chi connectivity index (χ0) is 33.4. The summed E-state index contributed by atoms with van der Waals surface area (Å²) < 4.78 is 8.02. The molecule has 1 amide bonds. The SMILES string of the molecule is COc1nc(-c2cccc(-c3cccc(Nc4nc(C)cc5c4c(=O)n(C)c(=O)n5C)c3Cl)c2Cl)cnc1CNCC1CCC(=O)N1. The summed E-state index contributed by atoms with van der Waals surface area (Å²) in [5.74, 6) is 0.706. The molecule has 14 heteroatoms. The molecule has 0 radical (unpaired) electrons. The third kappa shape index (κ3) is 6.19. The normalized spacial score (nSPS) is 14.4. The predicted molar refractivity (Wildman–Crippen MR) is 183 cm³/mol. The largest absolute Gasteiger partial charge is 0.480 e. The number of nitrogens with one attached hydrogen (secondary N) is 3. The Morgan fingerprint density at radius 1 is 1.00 bits per heavy atom. The summed E-state index contributed by atoms with van der Waals surface area (Å²) in [6, 6.07) is 12.8. The van der Waals surface area contributed by atoms with Crippen LogP contribution in [0.4, 0.5) is 11.5 Å². The van der Waals surface area contributed by atoms with Crippen LogP contribution in [0.5, 0.6) is 5.88 Å². The quantitative estimate of drug-likeness (QED) is 0.206. The third-order valence-corrected chi connectivity index (χ3v) is 8.98. The highest BCUT2D eigenvalue weighted by molar-refractivity contribution is 6.39. The van der Waals surface area contributed by atoms with E-state index in [1.54, 1.807) is 32.3 Å². The Bertz CT molecular complexity index is 2160. The molecule has 4 heterocycles. The Kier molecular flexibility index (Phi) is 9.00. The Morgan fingerprint density at radius 2 is 1.72 bits per heavy atom. The number of halogens is 2. The number of fused-ring (bicyclic) bond motifs is 1. The third-order valence-electron chi connectivity index (χ3n) is 8.17. The number of benzene rings is 2. The van der Waals surface area contributed by atoms with Crippen LogP contribution in [0.15, 0.2) is 58.3 Å². The van der Waals surface area contributed by atoms with Crippen LogP contribution >= 0.6 is 23.2 Å².